The molecule has 6 atom stereocenters. The number of aliphatic carboxylic acids is 2. The van der Waals surface area contributed by atoms with Crippen LogP contribution in [0.25, 0.3) is 0 Å². The van der Waals surface area contributed by atoms with Crippen LogP contribution in [0.3, 0.4) is 0 Å². The van der Waals surface area contributed by atoms with E-state index in [-0.39, 0.29) is 31.7 Å². The predicted octanol–water partition coefficient (Wildman–Crippen LogP) is -1.26. The zero-order chi connectivity index (χ0) is 30.0. The maximum atomic E-state index is 13.7. The molecule has 1 unspecified atom stereocenters. The number of aromatic amines is 1. The standard InChI is InChI=1S/C25H39N7O8/c1-4-13(2)20(24(38)32-9-5-6-18(32)23(37)29-14(3)25(39)40)31-22(36)17(10-15-11-27-12-28-15)30-21(35)16(26)7-8-19(33)34/h11-14,16-18,20H,4-10,26H2,1-3H3,(H,27,28)(H,29,37)(H,30,35)(H,31,36)(H,33,34)(H,39,40)/t13?,14-,16-,17-,18-,20-/m0/s1. The van der Waals surface area contributed by atoms with Crippen LogP contribution in [0, 0.1) is 5.92 Å². The van der Waals surface area contributed by atoms with Crippen LogP contribution < -0.4 is 21.7 Å². The number of rotatable bonds is 15. The van der Waals surface area contributed by atoms with E-state index in [1.54, 1.807) is 6.92 Å². The highest BCUT2D eigenvalue weighted by molar-refractivity contribution is 5.96. The zero-order valence-corrected chi connectivity index (χ0v) is 22.9. The second-order valence-corrected chi connectivity index (χ2v) is 10.0. The fraction of sp³-hybridized carbons (Fsp3) is 0.640. The average molecular weight is 566 g/mol. The highest BCUT2D eigenvalue weighted by Gasteiger charge is 2.40. The minimum absolute atomic E-state index is 0.00748. The Morgan fingerprint density at radius 3 is 2.40 bits per heavy atom. The van der Waals surface area contributed by atoms with Crippen molar-refractivity contribution in [3.05, 3.63) is 18.2 Å². The molecular weight excluding hydrogens is 526 g/mol. The Hall–Kier alpha value is -4.01. The molecule has 15 nitrogen and oxygen atoms in total. The number of carbonyl (C=O) groups excluding carboxylic acids is 4. The lowest BCUT2D eigenvalue weighted by molar-refractivity contribution is -0.145. The molecule has 1 fully saturated rings. The van der Waals surface area contributed by atoms with Gasteiger partial charge in [0, 0.05) is 31.3 Å². The SMILES string of the molecule is CCC(C)[C@H](NC(=O)[C@H](Cc1cnc[nH]1)NC(=O)[C@@H](N)CCC(=O)O)C(=O)N1CCC[C@H]1C(=O)N[C@@H](C)C(=O)O. The molecule has 40 heavy (non-hydrogen) atoms. The number of nitrogens with zero attached hydrogens (tertiary/aromatic N) is 2. The van der Waals surface area contributed by atoms with Crippen LogP contribution >= 0.6 is 0 Å². The molecule has 0 bridgehead atoms. The van der Waals surface area contributed by atoms with Crippen molar-refractivity contribution >= 4 is 35.6 Å². The molecule has 222 valence electrons. The van der Waals surface area contributed by atoms with E-state index >= 15 is 0 Å². The van der Waals surface area contributed by atoms with E-state index < -0.39 is 65.8 Å². The number of nitrogens with two attached hydrogens (primary N) is 1. The summed E-state index contributed by atoms with van der Waals surface area (Å²) < 4.78 is 0. The number of nitrogens with one attached hydrogen (secondary N) is 4. The summed E-state index contributed by atoms with van der Waals surface area (Å²) in [5.41, 5.74) is 6.35. The molecule has 0 radical (unpaired) electrons. The van der Waals surface area contributed by atoms with Gasteiger partial charge in [0.25, 0.3) is 0 Å². The van der Waals surface area contributed by atoms with Gasteiger partial charge in [0.05, 0.1) is 12.4 Å². The number of carboxylic acids is 2. The number of likely N-dealkylation sites (tertiary alicyclic amines) is 1. The summed E-state index contributed by atoms with van der Waals surface area (Å²) in [5, 5.41) is 25.7. The van der Waals surface area contributed by atoms with Crippen LogP contribution in [0.4, 0.5) is 0 Å². The van der Waals surface area contributed by atoms with E-state index in [1.807, 2.05) is 6.92 Å². The van der Waals surface area contributed by atoms with Gasteiger partial charge in [0.2, 0.25) is 23.6 Å². The molecule has 0 aliphatic carbocycles. The van der Waals surface area contributed by atoms with Crippen molar-refractivity contribution in [2.75, 3.05) is 6.54 Å². The molecule has 0 aromatic carbocycles. The molecule has 1 aromatic heterocycles. The largest absolute Gasteiger partial charge is 0.481 e. The van der Waals surface area contributed by atoms with Crippen LogP contribution in [0.15, 0.2) is 12.5 Å². The molecule has 1 aliphatic heterocycles. The lowest BCUT2D eigenvalue weighted by Gasteiger charge is -2.32. The van der Waals surface area contributed by atoms with Gasteiger partial charge < -0.3 is 41.8 Å². The lowest BCUT2D eigenvalue weighted by Crippen LogP contribution is -2.60. The summed E-state index contributed by atoms with van der Waals surface area (Å²) in [4.78, 5) is 82.7. The van der Waals surface area contributed by atoms with Crippen molar-refractivity contribution in [1.29, 1.82) is 0 Å². The minimum atomic E-state index is -1.21. The molecule has 1 saturated heterocycles. The van der Waals surface area contributed by atoms with Gasteiger partial charge >= 0.3 is 11.9 Å². The van der Waals surface area contributed by atoms with Crippen molar-refractivity contribution in [3.63, 3.8) is 0 Å². The maximum absolute atomic E-state index is 13.7. The molecule has 0 saturated carbocycles. The molecular formula is C25H39N7O8. The average Bonchev–Trinajstić information content (AvgIpc) is 3.61. The van der Waals surface area contributed by atoms with Gasteiger partial charge in [-0.15, -0.1) is 0 Å². The van der Waals surface area contributed by atoms with E-state index in [0.29, 0.717) is 25.0 Å². The van der Waals surface area contributed by atoms with Crippen molar-refractivity contribution < 1.29 is 39.0 Å². The molecule has 15 heteroatoms. The number of H-pyrrole nitrogens is 1. The van der Waals surface area contributed by atoms with Crippen LogP contribution in [0.5, 0.6) is 0 Å². The van der Waals surface area contributed by atoms with E-state index in [4.69, 9.17) is 15.9 Å². The van der Waals surface area contributed by atoms with Crippen molar-refractivity contribution in [3.8, 4) is 0 Å². The number of hydrogen-bond donors (Lipinski definition) is 7. The summed E-state index contributed by atoms with van der Waals surface area (Å²) in [6.07, 6.45) is 3.79. The van der Waals surface area contributed by atoms with Crippen molar-refractivity contribution in [2.24, 2.45) is 11.7 Å². The summed E-state index contributed by atoms with van der Waals surface area (Å²) in [6.45, 7) is 5.19. The fourth-order valence-electron chi connectivity index (χ4n) is 4.30. The maximum Gasteiger partial charge on any atom is 0.325 e. The molecule has 2 heterocycles. The fourth-order valence-corrected chi connectivity index (χ4v) is 4.30. The highest BCUT2D eigenvalue weighted by atomic mass is 16.4. The molecule has 1 aromatic rings. The van der Waals surface area contributed by atoms with Gasteiger partial charge in [-0.05, 0) is 32.1 Å². The third-order valence-electron chi connectivity index (χ3n) is 6.96. The Morgan fingerprint density at radius 1 is 1.12 bits per heavy atom. The summed E-state index contributed by atoms with van der Waals surface area (Å²) in [5.74, 6) is -5.15. The molecule has 4 amide bonds. The Kier molecular flexibility index (Phi) is 12.0. The Balaban J connectivity index is 2.22. The van der Waals surface area contributed by atoms with Crippen LogP contribution in [-0.4, -0.2) is 97.4 Å². The first-order chi connectivity index (χ1) is 18.8. The van der Waals surface area contributed by atoms with Gasteiger partial charge in [0.15, 0.2) is 0 Å². The second kappa shape index (κ2) is 15.0. The first-order valence-electron chi connectivity index (χ1n) is 13.2. The number of aromatic nitrogens is 2. The molecule has 2 rings (SSSR count). The molecule has 8 N–H and O–H groups in total. The lowest BCUT2D eigenvalue weighted by atomic mass is 9.96. The normalized spacial score (nSPS) is 18.6. The monoisotopic (exact) mass is 565 g/mol. The van der Waals surface area contributed by atoms with Crippen LogP contribution in [0.2, 0.25) is 0 Å². The van der Waals surface area contributed by atoms with Gasteiger partial charge in [-0.25, -0.2) is 4.98 Å². The number of amides is 4. The summed E-state index contributed by atoms with van der Waals surface area (Å²) >= 11 is 0. The van der Waals surface area contributed by atoms with Crippen molar-refractivity contribution in [1.82, 2.24) is 30.8 Å². The number of imidazole rings is 1. The number of carbonyl (C=O) groups is 6. The van der Waals surface area contributed by atoms with E-state index in [2.05, 4.69) is 25.9 Å². The highest BCUT2D eigenvalue weighted by Crippen LogP contribution is 2.22. The second-order valence-electron chi connectivity index (χ2n) is 10.0. The van der Waals surface area contributed by atoms with Crippen LogP contribution in [0.1, 0.15) is 58.6 Å². The van der Waals surface area contributed by atoms with Crippen LogP contribution in [-0.2, 0) is 35.2 Å². The number of hydrogen-bond acceptors (Lipinski definition) is 8. The Labute approximate surface area is 231 Å². The van der Waals surface area contributed by atoms with Gasteiger partial charge in [-0.3, -0.25) is 28.8 Å². The van der Waals surface area contributed by atoms with E-state index in [1.165, 1.54) is 24.3 Å². The molecule has 1 aliphatic rings. The quantitative estimate of drug-likeness (QED) is 0.133. The topological polar surface area (TPSA) is 237 Å². The third-order valence-corrected chi connectivity index (χ3v) is 6.96. The first-order valence-corrected chi connectivity index (χ1v) is 13.2. The smallest absolute Gasteiger partial charge is 0.325 e. The predicted molar refractivity (Wildman–Crippen MR) is 140 cm³/mol. The van der Waals surface area contributed by atoms with Gasteiger partial charge in [-0.1, -0.05) is 20.3 Å². The van der Waals surface area contributed by atoms with Gasteiger partial charge in [-0.2, -0.15) is 0 Å². The summed E-state index contributed by atoms with van der Waals surface area (Å²) in [7, 11) is 0. The van der Waals surface area contributed by atoms with Crippen molar-refractivity contribution in [2.45, 2.75) is 89.5 Å². The van der Waals surface area contributed by atoms with Gasteiger partial charge in [0.1, 0.15) is 24.2 Å². The van der Waals surface area contributed by atoms with E-state index in [0.717, 1.165) is 0 Å². The number of carboxylic acid groups (broad SMARTS) is 2. The third kappa shape index (κ3) is 9.03. The molecule has 0 spiro atoms. The minimum Gasteiger partial charge on any atom is -0.481 e. The Bertz CT molecular complexity index is 1060. The Morgan fingerprint density at radius 2 is 1.82 bits per heavy atom. The van der Waals surface area contributed by atoms with E-state index in [9.17, 15) is 28.8 Å². The first kappa shape index (κ1) is 32.2. The summed E-state index contributed by atoms with van der Waals surface area (Å²) in [6, 6.07) is -5.39. The zero-order valence-electron chi connectivity index (χ0n) is 22.9.